The van der Waals surface area contributed by atoms with Gasteiger partial charge in [-0.3, -0.25) is 4.90 Å². The molecule has 0 spiro atoms. The largest absolute Gasteiger partial charge is 0.420 e. The molecule has 2 aromatic rings. The number of nitrogens with one attached hydrogen (secondary N) is 1. The van der Waals surface area contributed by atoms with Crippen LogP contribution in [0.3, 0.4) is 0 Å². The number of carbonyl (C=O) groups excluding carboxylic acids is 1. The second-order valence-corrected chi connectivity index (χ2v) is 5.68. The maximum absolute atomic E-state index is 11.6. The van der Waals surface area contributed by atoms with E-state index in [0.717, 1.165) is 10.6 Å². The third-order valence-electron chi connectivity index (χ3n) is 3.19. The molecule has 114 valence electrons. The fourth-order valence-corrected chi connectivity index (χ4v) is 2.73. The van der Waals surface area contributed by atoms with Gasteiger partial charge in [-0.2, -0.15) is 0 Å². The molecule has 0 radical (unpaired) electrons. The summed E-state index contributed by atoms with van der Waals surface area (Å²) in [6.45, 7) is 1.36. The van der Waals surface area contributed by atoms with Crippen molar-refractivity contribution >= 4 is 35.1 Å². The molecule has 2 amide bonds. The lowest BCUT2D eigenvalue weighted by Gasteiger charge is -2.14. The summed E-state index contributed by atoms with van der Waals surface area (Å²) in [5, 5.41) is 2.77. The van der Waals surface area contributed by atoms with Gasteiger partial charge >= 0.3 is 6.03 Å². The summed E-state index contributed by atoms with van der Waals surface area (Å²) in [5.74, 6) is 0.602. The molecule has 6 nitrogen and oxygen atoms in total. The molecule has 3 rings (SSSR count). The molecule has 0 aliphatic carbocycles. The molecule has 1 saturated heterocycles. The van der Waals surface area contributed by atoms with E-state index in [1.807, 2.05) is 24.3 Å². The SMILES string of the molecule is Nc1cc(N)cc(OSc2ccc(N3CCNC3=O)cc2)c1. The Hall–Kier alpha value is -2.54. The van der Waals surface area contributed by atoms with Crippen LogP contribution in [-0.2, 0) is 0 Å². The predicted molar refractivity (Wildman–Crippen MR) is 88.9 cm³/mol. The Balaban J connectivity index is 1.65. The molecule has 5 N–H and O–H groups in total. The third-order valence-corrected chi connectivity index (χ3v) is 3.93. The molecular formula is C15H16N4O2S. The number of hydrogen-bond donors (Lipinski definition) is 3. The van der Waals surface area contributed by atoms with E-state index >= 15 is 0 Å². The number of urea groups is 1. The van der Waals surface area contributed by atoms with Crippen molar-refractivity contribution in [1.29, 1.82) is 0 Å². The standard InChI is InChI=1S/C15H16N4O2S/c16-10-7-11(17)9-13(8-10)21-22-14-3-1-12(2-4-14)19-6-5-18-15(19)20/h1-4,7-9H,5-6,16-17H2,(H,18,20). The molecule has 0 bridgehead atoms. The van der Waals surface area contributed by atoms with Gasteiger partial charge in [0.1, 0.15) is 5.75 Å². The highest BCUT2D eigenvalue weighted by molar-refractivity contribution is 7.95. The summed E-state index contributed by atoms with van der Waals surface area (Å²) in [6.07, 6.45) is 0. The quantitative estimate of drug-likeness (QED) is 0.595. The van der Waals surface area contributed by atoms with E-state index in [2.05, 4.69) is 5.32 Å². The molecule has 1 aliphatic heterocycles. The zero-order valence-electron chi connectivity index (χ0n) is 11.8. The minimum Gasteiger partial charge on any atom is -0.420 e. The lowest BCUT2D eigenvalue weighted by Crippen LogP contribution is -2.27. The first kappa shape index (κ1) is 14.4. The average molecular weight is 316 g/mol. The third kappa shape index (κ3) is 3.20. The maximum Gasteiger partial charge on any atom is 0.321 e. The Morgan fingerprint density at radius 3 is 2.36 bits per heavy atom. The highest BCUT2D eigenvalue weighted by Gasteiger charge is 2.20. The van der Waals surface area contributed by atoms with E-state index in [4.69, 9.17) is 15.7 Å². The van der Waals surface area contributed by atoms with Crippen molar-refractivity contribution in [3.05, 3.63) is 42.5 Å². The first-order valence-corrected chi connectivity index (χ1v) is 7.52. The minimum atomic E-state index is -0.0631. The molecule has 2 aromatic carbocycles. The number of anilines is 3. The normalized spacial score (nSPS) is 14.0. The van der Waals surface area contributed by atoms with Gasteiger partial charge in [0, 0.05) is 47.2 Å². The lowest BCUT2D eigenvalue weighted by atomic mass is 10.3. The Kier molecular flexibility index (Phi) is 3.97. The van der Waals surface area contributed by atoms with Crippen LogP contribution < -0.4 is 25.9 Å². The van der Waals surface area contributed by atoms with Crippen LogP contribution in [-0.4, -0.2) is 19.1 Å². The van der Waals surface area contributed by atoms with E-state index in [1.54, 1.807) is 23.1 Å². The maximum atomic E-state index is 11.6. The Labute approximate surface area is 132 Å². The van der Waals surface area contributed by atoms with Gasteiger partial charge in [-0.1, -0.05) is 0 Å². The number of nitrogen functional groups attached to an aromatic ring is 2. The van der Waals surface area contributed by atoms with Crippen LogP contribution in [0.4, 0.5) is 21.9 Å². The van der Waals surface area contributed by atoms with Crippen LogP contribution in [0.15, 0.2) is 47.4 Å². The first-order chi connectivity index (χ1) is 10.6. The molecule has 1 fully saturated rings. The van der Waals surface area contributed by atoms with Crippen LogP contribution in [0.25, 0.3) is 0 Å². The van der Waals surface area contributed by atoms with Crippen molar-refractivity contribution in [2.75, 3.05) is 29.5 Å². The highest BCUT2D eigenvalue weighted by Crippen LogP contribution is 2.28. The Bertz CT molecular complexity index is 670. The number of nitrogens with zero attached hydrogens (tertiary/aromatic N) is 1. The van der Waals surface area contributed by atoms with Crippen molar-refractivity contribution in [3.8, 4) is 5.75 Å². The molecule has 22 heavy (non-hydrogen) atoms. The second-order valence-electron chi connectivity index (χ2n) is 4.88. The lowest BCUT2D eigenvalue weighted by molar-refractivity contribution is 0.252. The summed E-state index contributed by atoms with van der Waals surface area (Å²) in [7, 11) is 0. The first-order valence-electron chi connectivity index (χ1n) is 6.78. The molecule has 1 aliphatic rings. The van der Waals surface area contributed by atoms with Gasteiger partial charge < -0.3 is 21.0 Å². The molecule has 1 heterocycles. The van der Waals surface area contributed by atoms with Gasteiger partial charge in [0.2, 0.25) is 0 Å². The molecule has 0 unspecified atom stereocenters. The van der Waals surface area contributed by atoms with Gasteiger partial charge in [-0.15, -0.1) is 0 Å². The zero-order chi connectivity index (χ0) is 15.5. The van der Waals surface area contributed by atoms with Crippen LogP contribution in [0.1, 0.15) is 0 Å². The van der Waals surface area contributed by atoms with Crippen molar-refractivity contribution in [2.45, 2.75) is 4.90 Å². The Morgan fingerprint density at radius 2 is 1.77 bits per heavy atom. The fourth-order valence-electron chi connectivity index (χ4n) is 2.19. The zero-order valence-corrected chi connectivity index (χ0v) is 12.6. The van der Waals surface area contributed by atoms with Crippen LogP contribution >= 0.6 is 12.0 Å². The summed E-state index contributed by atoms with van der Waals surface area (Å²) < 4.78 is 5.60. The van der Waals surface area contributed by atoms with Crippen molar-refractivity contribution in [1.82, 2.24) is 5.32 Å². The van der Waals surface area contributed by atoms with E-state index in [-0.39, 0.29) is 6.03 Å². The number of nitrogens with two attached hydrogens (primary N) is 2. The van der Waals surface area contributed by atoms with E-state index in [9.17, 15) is 4.79 Å². The second kappa shape index (κ2) is 6.07. The van der Waals surface area contributed by atoms with Crippen LogP contribution in [0.2, 0.25) is 0 Å². The van der Waals surface area contributed by atoms with Crippen molar-refractivity contribution < 1.29 is 8.98 Å². The fraction of sp³-hybridized carbons (Fsp3) is 0.133. The summed E-state index contributed by atoms with van der Waals surface area (Å²) >= 11 is 1.21. The highest BCUT2D eigenvalue weighted by atomic mass is 32.2. The summed E-state index contributed by atoms with van der Waals surface area (Å²) in [6, 6.07) is 12.6. The number of benzene rings is 2. The van der Waals surface area contributed by atoms with E-state index < -0.39 is 0 Å². The van der Waals surface area contributed by atoms with E-state index in [1.165, 1.54) is 12.0 Å². The smallest absolute Gasteiger partial charge is 0.321 e. The molecule has 0 aromatic heterocycles. The van der Waals surface area contributed by atoms with Crippen LogP contribution in [0.5, 0.6) is 5.75 Å². The number of rotatable bonds is 4. The predicted octanol–water partition coefficient (Wildman–Crippen LogP) is 2.47. The summed E-state index contributed by atoms with van der Waals surface area (Å²) in [5.41, 5.74) is 13.4. The van der Waals surface area contributed by atoms with E-state index in [0.29, 0.717) is 30.2 Å². The van der Waals surface area contributed by atoms with Crippen molar-refractivity contribution in [2.24, 2.45) is 0 Å². The summed E-state index contributed by atoms with van der Waals surface area (Å²) in [4.78, 5) is 14.2. The van der Waals surface area contributed by atoms with Gasteiger partial charge in [0.05, 0.1) is 12.0 Å². The average Bonchev–Trinajstić information content (AvgIpc) is 2.91. The van der Waals surface area contributed by atoms with Gasteiger partial charge in [0.25, 0.3) is 0 Å². The van der Waals surface area contributed by atoms with Crippen LogP contribution in [0, 0.1) is 0 Å². The molecular weight excluding hydrogens is 300 g/mol. The topological polar surface area (TPSA) is 93.6 Å². The molecule has 0 saturated carbocycles. The number of amides is 2. The molecule has 7 heteroatoms. The number of carbonyl (C=O) groups is 1. The van der Waals surface area contributed by atoms with Gasteiger partial charge in [-0.25, -0.2) is 4.79 Å². The number of hydrogen-bond acceptors (Lipinski definition) is 5. The monoisotopic (exact) mass is 316 g/mol. The minimum absolute atomic E-state index is 0.0631. The van der Waals surface area contributed by atoms with Gasteiger partial charge in [0.15, 0.2) is 0 Å². The Morgan fingerprint density at radius 1 is 1.09 bits per heavy atom. The van der Waals surface area contributed by atoms with Crippen molar-refractivity contribution in [3.63, 3.8) is 0 Å². The molecule has 0 atom stereocenters. The van der Waals surface area contributed by atoms with Gasteiger partial charge in [-0.05, 0) is 30.3 Å².